The first-order valence-electron chi connectivity index (χ1n) is 5.85. The molecule has 2 nitrogen and oxygen atoms in total. The van der Waals surface area contributed by atoms with Gasteiger partial charge in [-0.05, 0) is 29.5 Å². The molecule has 2 heteroatoms. The highest BCUT2D eigenvalue weighted by atomic mass is 16.1. The van der Waals surface area contributed by atoms with E-state index < -0.39 is 0 Å². The van der Waals surface area contributed by atoms with Gasteiger partial charge in [0.15, 0.2) is 5.78 Å². The molecule has 0 aromatic heterocycles. The van der Waals surface area contributed by atoms with Crippen molar-refractivity contribution in [3.63, 3.8) is 0 Å². The van der Waals surface area contributed by atoms with Gasteiger partial charge >= 0.3 is 0 Å². The van der Waals surface area contributed by atoms with Crippen LogP contribution in [-0.4, -0.2) is 11.5 Å². The molecule has 1 aromatic carbocycles. The van der Waals surface area contributed by atoms with Gasteiger partial charge in [0.1, 0.15) is 0 Å². The Morgan fingerprint density at radius 1 is 1.38 bits per heavy atom. The highest BCUT2D eigenvalue weighted by molar-refractivity contribution is 6.41. The van der Waals surface area contributed by atoms with Crippen LogP contribution in [0.1, 0.15) is 44.2 Å². The Morgan fingerprint density at radius 3 is 2.75 bits per heavy atom. The van der Waals surface area contributed by atoms with E-state index in [0.29, 0.717) is 18.1 Å². The predicted octanol–water partition coefficient (Wildman–Crippen LogP) is 3.42. The summed E-state index contributed by atoms with van der Waals surface area (Å²) in [6.07, 6.45) is 1.24. The van der Waals surface area contributed by atoms with Gasteiger partial charge in [-0.15, -0.1) is 0 Å². The third kappa shape index (κ3) is 1.92. The molecule has 1 aromatic rings. The number of hydrogen-bond donors (Lipinski definition) is 0. The Bertz CT molecular complexity index is 458. The maximum atomic E-state index is 11.7. The van der Waals surface area contributed by atoms with E-state index in [1.54, 1.807) is 0 Å². The number of hydrogen-bond acceptors (Lipinski definition) is 2. The van der Waals surface area contributed by atoms with Crippen molar-refractivity contribution in [1.82, 2.24) is 0 Å². The monoisotopic (exact) mass is 215 g/mol. The number of nitrogens with zero attached hydrogens (tertiary/aromatic N) is 1. The van der Waals surface area contributed by atoms with Gasteiger partial charge in [-0.1, -0.05) is 32.9 Å². The molecule has 1 heterocycles. The van der Waals surface area contributed by atoms with Crippen molar-refractivity contribution in [2.24, 2.45) is 4.99 Å². The quantitative estimate of drug-likeness (QED) is 0.743. The van der Waals surface area contributed by atoms with E-state index in [9.17, 15) is 4.79 Å². The van der Waals surface area contributed by atoms with Crippen LogP contribution in [0.4, 0.5) is 5.69 Å². The van der Waals surface area contributed by atoms with Crippen LogP contribution in [-0.2, 0) is 11.2 Å². The molecule has 16 heavy (non-hydrogen) atoms. The highest BCUT2D eigenvalue weighted by Gasteiger charge is 2.19. The number of carbonyl (C=O) groups is 1. The maximum Gasteiger partial charge on any atom is 0.181 e. The van der Waals surface area contributed by atoms with Crippen molar-refractivity contribution in [2.75, 3.05) is 0 Å². The first kappa shape index (κ1) is 11.1. The van der Waals surface area contributed by atoms with Gasteiger partial charge in [-0.2, -0.15) is 0 Å². The van der Waals surface area contributed by atoms with Crippen LogP contribution >= 0.6 is 0 Å². The highest BCUT2D eigenvalue weighted by Crippen LogP contribution is 2.28. The standard InChI is InChI=1S/C14H17NO/c1-4-12-14(16)8-11-7-10(9(2)3)5-6-13(11)15-12/h5-7,9H,4,8H2,1-3H3. The van der Waals surface area contributed by atoms with Gasteiger partial charge in [-0.3, -0.25) is 4.79 Å². The van der Waals surface area contributed by atoms with Crippen molar-refractivity contribution in [2.45, 2.75) is 39.5 Å². The normalized spacial score (nSPS) is 15.0. The third-order valence-electron chi connectivity index (χ3n) is 3.03. The topological polar surface area (TPSA) is 29.4 Å². The summed E-state index contributed by atoms with van der Waals surface area (Å²) < 4.78 is 0. The van der Waals surface area contributed by atoms with E-state index in [0.717, 1.165) is 17.7 Å². The molecule has 0 radical (unpaired) electrons. The minimum Gasteiger partial charge on any atom is -0.292 e. The second kappa shape index (κ2) is 4.20. The Labute approximate surface area is 96.4 Å². The Morgan fingerprint density at radius 2 is 2.12 bits per heavy atom. The molecule has 0 N–H and O–H groups in total. The van der Waals surface area contributed by atoms with Crippen LogP contribution in [0.15, 0.2) is 23.2 Å². The number of aliphatic imine (C=N–C) groups is 1. The summed E-state index contributed by atoms with van der Waals surface area (Å²) in [5.41, 5.74) is 4.04. The summed E-state index contributed by atoms with van der Waals surface area (Å²) >= 11 is 0. The van der Waals surface area contributed by atoms with Gasteiger partial charge in [0, 0.05) is 6.42 Å². The fourth-order valence-electron chi connectivity index (χ4n) is 1.97. The molecule has 84 valence electrons. The van der Waals surface area contributed by atoms with Crippen molar-refractivity contribution in [1.29, 1.82) is 0 Å². The average molecular weight is 215 g/mol. The van der Waals surface area contributed by atoms with Crippen molar-refractivity contribution >= 4 is 17.2 Å². The molecule has 1 aliphatic rings. The molecular weight excluding hydrogens is 198 g/mol. The van der Waals surface area contributed by atoms with Crippen molar-refractivity contribution in [3.05, 3.63) is 29.3 Å². The number of fused-ring (bicyclic) bond motifs is 1. The summed E-state index contributed by atoms with van der Waals surface area (Å²) in [7, 11) is 0. The van der Waals surface area contributed by atoms with E-state index in [4.69, 9.17) is 0 Å². The summed E-state index contributed by atoms with van der Waals surface area (Å²) in [5, 5.41) is 0. The fraction of sp³-hybridized carbons (Fsp3) is 0.429. The van der Waals surface area contributed by atoms with Crippen LogP contribution in [0.3, 0.4) is 0 Å². The zero-order valence-electron chi connectivity index (χ0n) is 10.1. The van der Waals surface area contributed by atoms with E-state index >= 15 is 0 Å². The Balaban J connectivity index is 2.44. The first-order valence-corrected chi connectivity index (χ1v) is 5.85. The first-order chi connectivity index (χ1) is 7.61. The molecule has 0 saturated heterocycles. The number of Topliss-reactive ketones (excluding diaryl/α,β-unsaturated/α-hetero) is 1. The minimum absolute atomic E-state index is 0.177. The molecule has 1 aliphatic heterocycles. The lowest BCUT2D eigenvalue weighted by molar-refractivity contribution is -0.112. The lowest BCUT2D eigenvalue weighted by Gasteiger charge is -2.15. The Kier molecular flexibility index (Phi) is 2.90. The second-order valence-corrected chi connectivity index (χ2v) is 4.55. The molecule has 0 fully saturated rings. The molecule has 0 saturated carbocycles. The van der Waals surface area contributed by atoms with E-state index in [1.807, 2.05) is 13.0 Å². The number of rotatable bonds is 2. The van der Waals surface area contributed by atoms with Crippen LogP contribution in [0, 0.1) is 0 Å². The molecule has 0 amide bonds. The zero-order valence-corrected chi connectivity index (χ0v) is 10.1. The van der Waals surface area contributed by atoms with Crippen LogP contribution in [0.25, 0.3) is 0 Å². The minimum atomic E-state index is 0.177. The SMILES string of the molecule is CCC1=Nc2ccc(C(C)C)cc2CC1=O. The molecule has 2 rings (SSSR count). The molecule has 0 aliphatic carbocycles. The van der Waals surface area contributed by atoms with Gasteiger partial charge in [-0.25, -0.2) is 4.99 Å². The second-order valence-electron chi connectivity index (χ2n) is 4.55. The van der Waals surface area contributed by atoms with Gasteiger partial charge in [0.2, 0.25) is 0 Å². The summed E-state index contributed by atoms with van der Waals surface area (Å²) in [4.78, 5) is 16.2. The largest absolute Gasteiger partial charge is 0.292 e. The summed E-state index contributed by atoms with van der Waals surface area (Å²) in [6.45, 7) is 6.30. The van der Waals surface area contributed by atoms with E-state index in [1.165, 1.54) is 5.56 Å². The lowest BCUT2D eigenvalue weighted by Crippen LogP contribution is -2.19. The van der Waals surface area contributed by atoms with E-state index in [2.05, 4.69) is 31.0 Å². The fourth-order valence-corrected chi connectivity index (χ4v) is 1.97. The van der Waals surface area contributed by atoms with Crippen LogP contribution < -0.4 is 0 Å². The number of benzene rings is 1. The van der Waals surface area contributed by atoms with Crippen LogP contribution in [0.2, 0.25) is 0 Å². The van der Waals surface area contributed by atoms with Crippen LogP contribution in [0.5, 0.6) is 0 Å². The van der Waals surface area contributed by atoms with Crippen molar-refractivity contribution in [3.8, 4) is 0 Å². The Hall–Kier alpha value is -1.44. The zero-order chi connectivity index (χ0) is 11.7. The number of carbonyl (C=O) groups excluding carboxylic acids is 1. The molecule has 0 bridgehead atoms. The third-order valence-corrected chi connectivity index (χ3v) is 3.03. The molecule has 0 spiro atoms. The number of ketones is 1. The predicted molar refractivity (Wildman–Crippen MR) is 66.6 cm³/mol. The molecule has 0 unspecified atom stereocenters. The smallest absolute Gasteiger partial charge is 0.181 e. The van der Waals surface area contributed by atoms with E-state index in [-0.39, 0.29) is 5.78 Å². The van der Waals surface area contributed by atoms with Gasteiger partial charge in [0.05, 0.1) is 11.4 Å². The summed E-state index contributed by atoms with van der Waals surface area (Å²) in [6, 6.07) is 6.26. The molecular formula is C14H17NO. The lowest BCUT2D eigenvalue weighted by atomic mass is 9.94. The van der Waals surface area contributed by atoms with Gasteiger partial charge < -0.3 is 0 Å². The maximum absolute atomic E-state index is 11.7. The van der Waals surface area contributed by atoms with Gasteiger partial charge in [0.25, 0.3) is 0 Å². The summed E-state index contributed by atoms with van der Waals surface area (Å²) in [5.74, 6) is 0.674. The van der Waals surface area contributed by atoms with Crippen molar-refractivity contribution < 1.29 is 4.79 Å². The molecule has 0 atom stereocenters. The average Bonchev–Trinajstić information content (AvgIpc) is 2.27.